The van der Waals surface area contributed by atoms with Gasteiger partial charge < -0.3 is 9.88 Å². The molecule has 118 valence electrons. The number of aryl methyl sites for hydroxylation is 1. The minimum Gasteiger partial charge on any atom is -0.337 e. The number of aromatic amines is 2. The van der Waals surface area contributed by atoms with Crippen molar-refractivity contribution in [3.8, 4) is 11.5 Å². The van der Waals surface area contributed by atoms with Crippen molar-refractivity contribution in [3.63, 3.8) is 0 Å². The Morgan fingerprint density at radius 2 is 2.09 bits per heavy atom. The zero-order valence-electron chi connectivity index (χ0n) is 13.7. The number of hydrogen-bond donors (Lipinski definition) is 2. The summed E-state index contributed by atoms with van der Waals surface area (Å²) in [4.78, 5) is 21.8. The van der Waals surface area contributed by atoms with Crippen LogP contribution in [0.1, 0.15) is 32.0 Å². The predicted octanol–water partition coefficient (Wildman–Crippen LogP) is 2.91. The maximum Gasteiger partial charge on any atom is 0.223 e. The summed E-state index contributed by atoms with van der Waals surface area (Å²) in [6, 6.07) is 6.08. The summed E-state index contributed by atoms with van der Waals surface area (Å²) in [6.45, 7) is 8.57. The van der Waals surface area contributed by atoms with Gasteiger partial charge in [0.15, 0.2) is 5.82 Å². The second kappa shape index (κ2) is 4.44. The lowest BCUT2D eigenvalue weighted by molar-refractivity contribution is -0.116. The number of carbonyl (C=O) groups excluding carboxylic acids is 1. The van der Waals surface area contributed by atoms with Gasteiger partial charge in [0, 0.05) is 24.6 Å². The number of hydrogen-bond acceptors (Lipinski definition) is 3. The highest BCUT2D eigenvalue weighted by atomic mass is 16.2. The Balaban J connectivity index is 1.90. The number of carbonyl (C=O) groups is 1. The lowest BCUT2D eigenvalue weighted by Crippen LogP contribution is -2.31. The van der Waals surface area contributed by atoms with E-state index in [4.69, 9.17) is 0 Å². The van der Waals surface area contributed by atoms with Gasteiger partial charge in [0.05, 0.1) is 16.7 Å². The van der Waals surface area contributed by atoms with Crippen LogP contribution in [0.5, 0.6) is 0 Å². The second-order valence-corrected chi connectivity index (χ2v) is 6.88. The number of fused-ring (bicyclic) bond motifs is 2. The largest absolute Gasteiger partial charge is 0.337 e. The minimum absolute atomic E-state index is 0.0695. The normalized spacial score (nSPS) is 16.1. The molecular weight excluding hydrogens is 290 g/mol. The van der Waals surface area contributed by atoms with E-state index in [1.165, 1.54) is 5.56 Å². The van der Waals surface area contributed by atoms with Crippen LogP contribution < -0.4 is 4.90 Å². The summed E-state index contributed by atoms with van der Waals surface area (Å²) < 4.78 is 0. The first-order valence-corrected chi connectivity index (χ1v) is 7.70. The fraction of sp³-hybridized carbons (Fsp3) is 0.353. The molecule has 23 heavy (non-hydrogen) atoms. The summed E-state index contributed by atoms with van der Waals surface area (Å²) in [7, 11) is 0. The van der Waals surface area contributed by atoms with E-state index in [1.54, 1.807) is 6.92 Å². The SMILES string of the molecule is CC(=O)N1CC(C)(C)c2cc3nc(-c4cc(C)n[nH]4)[nH]c3cc21. The summed E-state index contributed by atoms with van der Waals surface area (Å²) in [6.07, 6.45) is 0. The summed E-state index contributed by atoms with van der Waals surface area (Å²) >= 11 is 0. The molecule has 1 amide bonds. The lowest BCUT2D eigenvalue weighted by Gasteiger charge is -2.19. The smallest absolute Gasteiger partial charge is 0.223 e. The molecule has 1 aliphatic heterocycles. The van der Waals surface area contributed by atoms with E-state index in [9.17, 15) is 4.79 Å². The Bertz CT molecular complexity index is 934. The van der Waals surface area contributed by atoms with Gasteiger partial charge in [-0.25, -0.2) is 4.98 Å². The average molecular weight is 309 g/mol. The van der Waals surface area contributed by atoms with E-state index in [-0.39, 0.29) is 11.3 Å². The van der Waals surface area contributed by atoms with E-state index < -0.39 is 0 Å². The van der Waals surface area contributed by atoms with E-state index in [0.717, 1.165) is 33.9 Å². The predicted molar refractivity (Wildman–Crippen MR) is 89.5 cm³/mol. The van der Waals surface area contributed by atoms with Gasteiger partial charge in [-0.3, -0.25) is 9.89 Å². The van der Waals surface area contributed by atoms with Crippen molar-refractivity contribution < 1.29 is 4.79 Å². The van der Waals surface area contributed by atoms with Crippen LogP contribution >= 0.6 is 0 Å². The van der Waals surface area contributed by atoms with Crippen molar-refractivity contribution in [2.45, 2.75) is 33.1 Å². The molecular formula is C17H19N5O. The number of benzene rings is 1. The molecule has 1 aliphatic rings. The standard InChI is InChI=1S/C17H19N5O/c1-9-5-14(21-20-9)16-18-12-6-11-15(7-13(12)19-16)22(10(2)23)8-17(11,3)4/h5-7H,8H2,1-4H3,(H,18,19)(H,20,21). The van der Waals surface area contributed by atoms with E-state index in [0.29, 0.717) is 6.54 Å². The first-order valence-electron chi connectivity index (χ1n) is 7.70. The molecule has 2 aromatic heterocycles. The van der Waals surface area contributed by atoms with Crippen LogP contribution in [-0.2, 0) is 10.2 Å². The van der Waals surface area contributed by atoms with Crippen LogP contribution in [0.25, 0.3) is 22.6 Å². The van der Waals surface area contributed by atoms with Gasteiger partial charge in [-0.15, -0.1) is 0 Å². The third kappa shape index (κ3) is 2.05. The summed E-state index contributed by atoms with van der Waals surface area (Å²) in [5.41, 5.74) is 5.69. The highest BCUT2D eigenvalue weighted by Crippen LogP contribution is 2.42. The molecule has 4 rings (SSSR count). The third-order valence-electron chi connectivity index (χ3n) is 4.51. The van der Waals surface area contributed by atoms with Crippen molar-refractivity contribution in [2.24, 2.45) is 0 Å². The van der Waals surface area contributed by atoms with Crippen molar-refractivity contribution in [1.82, 2.24) is 20.2 Å². The highest BCUT2D eigenvalue weighted by Gasteiger charge is 2.37. The third-order valence-corrected chi connectivity index (χ3v) is 4.51. The molecule has 6 heteroatoms. The number of rotatable bonds is 1. The Hall–Kier alpha value is -2.63. The van der Waals surface area contributed by atoms with Gasteiger partial charge in [-0.2, -0.15) is 5.10 Å². The van der Waals surface area contributed by atoms with Gasteiger partial charge >= 0.3 is 0 Å². The zero-order chi connectivity index (χ0) is 16.4. The molecule has 0 saturated heterocycles. The Morgan fingerprint density at radius 1 is 1.30 bits per heavy atom. The number of imidazole rings is 1. The number of H-pyrrole nitrogens is 2. The lowest BCUT2D eigenvalue weighted by atomic mass is 9.87. The molecule has 2 N–H and O–H groups in total. The second-order valence-electron chi connectivity index (χ2n) is 6.88. The van der Waals surface area contributed by atoms with Crippen LogP contribution in [0.3, 0.4) is 0 Å². The van der Waals surface area contributed by atoms with Crippen molar-refractivity contribution in [2.75, 3.05) is 11.4 Å². The molecule has 0 radical (unpaired) electrons. The number of aromatic nitrogens is 4. The molecule has 0 atom stereocenters. The summed E-state index contributed by atoms with van der Waals surface area (Å²) in [5, 5.41) is 7.12. The molecule has 1 aromatic carbocycles. The maximum atomic E-state index is 11.9. The van der Waals surface area contributed by atoms with Crippen molar-refractivity contribution in [1.29, 1.82) is 0 Å². The molecule has 0 saturated carbocycles. The molecule has 0 bridgehead atoms. The fourth-order valence-electron chi connectivity index (χ4n) is 3.33. The average Bonchev–Trinajstić information content (AvgIpc) is 3.13. The van der Waals surface area contributed by atoms with Gasteiger partial charge in [-0.05, 0) is 30.7 Å². The zero-order valence-corrected chi connectivity index (χ0v) is 13.7. The fourth-order valence-corrected chi connectivity index (χ4v) is 3.33. The van der Waals surface area contributed by atoms with Crippen molar-refractivity contribution >= 4 is 22.6 Å². The first-order chi connectivity index (χ1) is 10.8. The van der Waals surface area contributed by atoms with E-state index in [2.05, 4.69) is 40.1 Å². The molecule has 0 fully saturated rings. The van der Waals surface area contributed by atoms with Crippen LogP contribution in [-0.4, -0.2) is 32.6 Å². The quantitative estimate of drug-likeness (QED) is 0.725. The molecule has 3 aromatic rings. The Kier molecular flexibility index (Phi) is 2.70. The van der Waals surface area contributed by atoms with Gasteiger partial charge in [0.2, 0.25) is 5.91 Å². The van der Waals surface area contributed by atoms with Gasteiger partial charge in [0.25, 0.3) is 0 Å². The summed E-state index contributed by atoms with van der Waals surface area (Å²) in [5.74, 6) is 0.830. The van der Waals surface area contributed by atoms with Crippen LogP contribution in [0.2, 0.25) is 0 Å². The topological polar surface area (TPSA) is 77.7 Å². The molecule has 0 spiro atoms. The number of nitrogens with one attached hydrogen (secondary N) is 2. The Labute approximate surface area is 133 Å². The van der Waals surface area contributed by atoms with Crippen molar-refractivity contribution in [3.05, 3.63) is 29.5 Å². The molecule has 0 aliphatic carbocycles. The number of amides is 1. The highest BCUT2D eigenvalue weighted by molar-refractivity contribution is 5.98. The van der Waals surface area contributed by atoms with E-state index >= 15 is 0 Å². The molecule has 6 nitrogen and oxygen atoms in total. The monoisotopic (exact) mass is 309 g/mol. The van der Waals surface area contributed by atoms with Crippen LogP contribution in [0, 0.1) is 6.92 Å². The van der Waals surface area contributed by atoms with E-state index in [1.807, 2.05) is 24.0 Å². The maximum absolute atomic E-state index is 11.9. The molecule has 0 unspecified atom stereocenters. The van der Waals surface area contributed by atoms with Gasteiger partial charge in [0.1, 0.15) is 5.69 Å². The first kappa shape index (κ1) is 14.0. The van der Waals surface area contributed by atoms with Crippen LogP contribution in [0.4, 0.5) is 5.69 Å². The van der Waals surface area contributed by atoms with Crippen LogP contribution in [0.15, 0.2) is 18.2 Å². The number of anilines is 1. The van der Waals surface area contributed by atoms with Gasteiger partial charge in [-0.1, -0.05) is 13.8 Å². The minimum atomic E-state index is -0.0706. The Morgan fingerprint density at radius 3 is 2.74 bits per heavy atom. The number of nitrogens with zero attached hydrogens (tertiary/aromatic N) is 3. The molecule has 3 heterocycles.